The Bertz CT molecular complexity index is 636. The van der Waals surface area contributed by atoms with Crippen LogP contribution in [0.3, 0.4) is 0 Å². The van der Waals surface area contributed by atoms with Crippen molar-refractivity contribution in [3.05, 3.63) is 65.2 Å². The fourth-order valence-electron chi connectivity index (χ4n) is 1.86. The summed E-state index contributed by atoms with van der Waals surface area (Å²) >= 11 is 0. The molecule has 0 aromatic heterocycles. The van der Waals surface area contributed by atoms with Crippen LogP contribution in [-0.4, -0.2) is 11.8 Å². The third-order valence-corrected chi connectivity index (χ3v) is 3.09. The highest BCUT2D eigenvalue weighted by Gasteiger charge is 2.17. The molecule has 0 saturated carbocycles. The topological polar surface area (TPSA) is 69.4 Å². The summed E-state index contributed by atoms with van der Waals surface area (Å²) in [6.45, 7) is 2.14. The van der Waals surface area contributed by atoms with Crippen LogP contribution in [0, 0.1) is 0 Å². The van der Waals surface area contributed by atoms with Crippen LogP contribution in [0.2, 0.25) is 0 Å². The molecule has 4 rings (SSSR count). The first-order valence-electron chi connectivity index (χ1n) is 6.79. The van der Waals surface area contributed by atoms with Crippen molar-refractivity contribution in [1.29, 1.82) is 0 Å². The van der Waals surface area contributed by atoms with Crippen molar-refractivity contribution in [3.8, 4) is 5.75 Å². The average Bonchev–Trinajstić information content (AvgIpc) is 2.56. The molecular formula is C17H17NO3. The zero-order valence-corrected chi connectivity index (χ0v) is 11.8. The van der Waals surface area contributed by atoms with E-state index in [1.165, 1.54) is 0 Å². The number of nitrogens with two attached hydrogens (primary N) is 1. The Kier molecular flexibility index (Phi) is 4.85. The molecule has 2 bridgehead atoms. The van der Waals surface area contributed by atoms with E-state index in [4.69, 9.17) is 10.5 Å². The number of ether oxygens (including phenoxy) is 1. The normalized spacial score (nSPS) is 11.0. The molecule has 0 saturated heterocycles. The van der Waals surface area contributed by atoms with Gasteiger partial charge in [-0.2, -0.15) is 0 Å². The largest absolute Gasteiger partial charge is 0.426 e. The van der Waals surface area contributed by atoms with Crippen LogP contribution < -0.4 is 10.5 Å². The van der Waals surface area contributed by atoms with E-state index < -0.39 is 0 Å². The first-order valence-corrected chi connectivity index (χ1v) is 6.79. The minimum Gasteiger partial charge on any atom is -0.426 e. The Hall–Kier alpha value is -2.46. The standard InChI is InChI=1S/C10H13NO2.C7H4O/c1-2-10(12)13-9-6-4-3-5-8(9)7-11;8-7-5-2-1-3-6(7)4-5/h3-6H,2,7,11H2,1H3;1-4H. The summed E-state index contributed by atoms with van der Waals surface area (Å²) < 4.78 is 5.07. The first kappa shape index (κ1) is 14.9. The Morgan fingerprint density at radius 1 is 1.10 bits per heavy atom. The van der Waals surface area contributed by atoms with Gasteiger partial charge < -0.3 is 10.5 Å². The van der Waals surface area contributed by atoms with Crippen molar-refractivity contribution in [1.82, 2.24) is 0 Å². The van der Waals surface area contributed by atoms with Gasteiger partial charge in [0, 0.05) is 29.7 Å². The van der Waals surface area contributed by atoms with Crippen molar-refractivity contribution in [2.75, 3.05) is 0 Å². The zero-order chi connectivity index (χ0) is 15.2. The second-order valence-electron chi connectivity index (χ2n) is 4.55. The van der Waals surface area contributed by atoms with Crippen LogP contribution in [0.15, 0.2) is 48.5 Å². The molecule has 2 aromatic rings. The van der Waals surface area contributed by atoms with Gasteiger partial charge >= 0.3 is 5.97 Å². The van der Waals surface area contributed by atoms with Crippen molar-refractivity contribution >= 4 is 11.8 Å². The molecule has 21 heavy (non-hydrogen) atoms. The van der Waals surface area contributed by atoms with Gasteiger partial charge in [-0.3, -0.25) is 9.59 Å². The molecule has 4 nitrogen and oxygen atoms in total. The number of carbonyl (C=O) groups is 2. The fraction of sp³-hybridized carbons (Fsp3) is 0.176. The Morgan fingerprint density at radius 3 is 2.24 bits per heavy atom. The SMILES string of the molecule is CCC(=O)Oc1ccccc1CN.O=C1c2cccc1c2. The summed E-state index contributed by atoms with van der Waals surface area (Å²) in [6.07, 6.45) is 0.374. The summed E-state index contributed by atoms with van der Waals surface area (Å²) in [4.78, 5) is 21.6. The maximum atomic E-state index is 11.0. The molecule has 0 atom stereocenters. The third kappa shape index (κ3) is 3.55. The number of benzene rings is 2. The molecule has 0 unspecified atom stereocenters. The number of ketones is 1. The lowest BCUT2D eigenvalue weighted by Crippen LogP contribution is -2.10. The summed E-state index contributed by atoms with van der Waals surface area (Å²) in [5.74, 6) is 0.533. The van der Waals surface area contributed by atoms with E-state index >= 15 is 0 Å². The monoisotopic (exact) mass is 283 g/mol. The van der Waals surface area contributed by atoms with Gasteiger partial charge in [0.15, 0.2) is 5.78 Å². The maximum Gasteiger partial charge on any atom is 0.310 e. The van der Waals surface area contributed by atoms with E-state index in [9.17, 15) is 9.59 Å². The highest BCUT2D eigenvalue weighted by atomic mass is 16.5. The molecule has 0 fully saturated rings. The third-order valence-electron chi connectivity index (χ3n) is 3.09. The second kappa shape index (κ2) is 6.81. The Labute approximate surface area is 123 Å². The van der Waals surface area contributed by atoms with E-state index in [2.05, 4.69) is 0 Å². The summed E-state index contributed by atoms with van der Waals surface area (Å²) in [6, 6.07) is 14.7. The van der Waals surface area contributed by atoms with Gasteiger partial charge in [-0.1, -0.05) is 43.3 Å². The van der Waals surface area contributed by atoms with Crippen molar-refractivity contribution in [2.24, 2.45) is 5.73 Å². The molecule has 4 heteroatoms. The molecule has 2 aliphatic rings. The number of esters is 1. The molecule has 2 aliphatic carbocycles. The minimum absolute atomic E-state index is 0.201. The van der Waals surface area contributed by atoms with E-state index in [1.807, 2.05) is 42.5 Å². The van der Waals surface area contributed by atoms with Gasteiger partial charge in [0.2, 0.25) is 0 Å². The number of hydrogen-bond acceptors (Lipinski definition) is 4. The number of para-hydroxylation sites is 1. The van der Waals surface area contributed by atoms with Gasteiger partial charge in [-0.25, -0.2) is 0 Å². The quantitative estimate of drug-likeness (QED) is 0.592. The average molecular weight is 283 g/mol. The lowest BCUT2D eigenvalue weighted by molar-refractivity contribution is -0.134. The number of fused-ring (bicyclic) bond motifs is 2. The molecule has 2 aromatic carbocycles. The predicted molar refractivity (Wildman–Crippen MR) is 80.1 cm³/mol. The molecule has 0 aliphatic heterocycles. The van der Waals surface area contributed by atoms with E-state index in [0.29, 0.717) is 18.7 Å². The molecule has 0 amide bonds. The van der Waals surface area contributed by atoms with Crippen LogP contribution in [0.1, 0.15) is 34.8 Å². The Morgan fingerprint density at radius 2 is 1.76 bits per heavy atom. The molecule has 108 valence electrons. The lowest BCUT2D eigenvalue weighted by atomic mass is 9.92. The predicted octanol–water partition coefficient (Wildman–Crippen LogP) is 2.69. The lowest BCUT2D eigenvalue weighted by Gasteiger charge is -2.10. The minimum atomic E-state index is -0.235. The van der Waals surface area contributed by atoms with E-state index in [-0.39, 0.29) is 11.8 Å². The van der Waals surface area contributed by atoms with Crippen molar-refractivity contribution in [2.45, 2.75) is 19.9 Å². The zero-order valence-electron chi connectivity index (χ0n) is 11.8. The van der Waals surface area contributed by atoms with Gasteiger partial charge in [0.25, 0.3) is 0 Å². The molecule has 0 heterocycles. The van der Waals surface area contributed by atoms with Gasteiger partial charge in [0.05, 0.1) is 0 Å². The Balaban J connectivity index is 0.000000170. The molecule has 2 N–H and O–H groups in total. The van der Waals surface area contributed by atoms with Gasteiger partial charge in [-0.05, 0) is 12.1 Å². The van der Waals surface area contributed by atoms with Crippen LogP contribution in [0.4, 0.5) is 0 Å². The number of carbonyl (C=O) groups excluding carboxylic acids is 2. The first-order chi connectivity index (χ1) is 10.2. The van der Waals surface area contributed by atoms with Crippen molar-refractivity contribution in [3.63, 3.8) is 0 Å². The van der Waals surface area contributed by atoms with Crippen LogP contribution in [0.5, 0.6) is 5.75 Å². The fourth-order valence-corrected chi connectivity index (χ4v) is 1.86. The molecule has 0 spiro atoms. The number of hydrogen-bond donors (Lipinski definition) is 1. The van der Waals surface area contributed by atoms with Crippen LogP contribution in [-0.2, 0) is 11.3 Å². The van der Waals surface area contributed by atoms with E-state index in [1.54, 1.807) is 13.0 Å². The smallest absolute Gasteiger partial charge is 0.310 e. The maximum absolute atomic E-state index is 11.0. The summed E-state index contributed by atoms with van der Waals surface area (Å²) in [5, 5.41) is 0. The molecular weight excluding hydrogens is 266 g/mol. The molecule has 0 radical (unpaired) electrons. The van der Waals surface area contributed by atoms with Crippen molar-refractivity contribution < 1.29 is 14.3 Å². The highest BCUT2D eigenvalue weighted by molar-refractivity contribution is 6.16. The summed E-state index contributed by atoms with van der Waals surface area (Å²) in [5.41, 5.74) is 8.03. The van der Waals surface area contributed by atoms with E-state index in [0.717, 1.165) is 16.7 Å². The van der Waals surface area contributed by atoms with Crippen LogP contribution in [0.25, 0.3) is 0 Å². The number of rotatable bonds is 3. The van der Waals surface area contributed by atoms with Gasteiger partial charge in [0.1, 0.15) is 5.75 Å². The summed E-state index contributed by atoms with van der Waals surface area (Å²) in [7, 11) is 0. The second-order valence-corrected chi connectivity index (χ2v) is 4.55. The van der Waals surface area contributed by atoms with Crippen LogP contribution >= 0.6 is 0 Å². The highest BCUT2D eigenvalue weighted by Crippen LogP contribution is 2.19. The van der Waals surface area contributed by atoms with Gasteiger partial charge in [-0.15, -0.1) is 0 Å².